The third-order valence-corrected chi connectivity index (χ3v) is 9.07. The van der Waals surface area contributed by atoms with Gasteiger partial charge in [-0.1, -0.05) is 68.8 Å². The number of aliphatic hydroxyl groups excluding tert-OH is 1. The van der Waals surface area contributed by atoms with Gasteiger partial charge >= 0.3 is 0 Å². The van der Waals surface area contributed by atoms with Crippen molar-refractivity contribution in [2.45, 2.75) is 65.4 Å². The number of rotatable bonds is 1. The second kappa shape index (κ2) is 6.08. The van der Waals surface area contributed by atoms with Crippen LogP contribution >= 0.6 is 0 Å². The van der Waals surface area contributed by atoms with E-state index in [1.165, 1.54) is 31.2 Å². The fraction of sp³-hybridized carbons (Fsp3) is 0.615. The van der Waals surface area contributed by atoms with Gasteiger partial charge in [-0.15, -0.1) is 0 Å². The summed E-state index contributed by atoms with van der Waals surface area (Å²) in [5.41, 5.74) is 5.28. The Labute approximate surface area is 164 Å². The smallest absolute Gasteiger partial charge is 0.0577 e. The molecule has 7 atom stereocenters. The number of hydrogen-bond donors (Lipinski definition) is 1. The Balaban J connectivity index is 1.52. The van der Waals surface area contributed by atoms with Crippen molar-refractivity contribution in [2.75, 3.05) is 0 Å². The van der Waals surface area contributed by atoms with Gasteiger partial charge in [-0.25, -0.2) is 0 Å². The monoisotopic (exact) mass is 362 g/mol. The van der Waals surface area contributed by atoms with Gasteiger partial charge in [-0.3, -0.25) is 0 Å². The van der Waals surface area contributed by atoms with Crippen LogP contribution in [0.3, 0.4) is 0 Å². The maximum absolute atomic E-state index is 10.2. The molecule has 1 aromatic rings. The summed E-state index contributed by atoms with van der Waals surface area (Å²) in [7, 11) is 0. The summed E-state index contributed by atoms with van der Waals surface area (Å²) in [5.74, 6) is 2.98. The number of hydrogen-bond acceptors (Lipinski definition) is 1. The van der Waals surface area contributed by atoms with E-state index in [0.29, 0.717) is 16.7 Å². The zero-order valence-electron chi connectivity index (χ0n) is 17.1. The van der Waals surface area contributed by atoms with Gasteiger partial charge in [-0.2, -0.15) is 0 Å². The van der Waals surface area contributed by atoms with Crippen molar-refractivity contribution in [3.63, 3.8) is 0 Å². The molecule has 1 N–H and O–H groups in total. The Hall–Kier alpha value is -1.34. The Morgan fingerprint density at radius 1 is 0.963 bits per heavy atom. The number of fused-ring (bicyclic) bond motifs is 5. The van der Waals surface area contributed by atoms with E-state index in [1.54, 1.807) is 11.1 Å². The average molecular weight is 363 g/mol. The molecule has 1 aromatic carbocycles. The van der Waals surface area contributed by atoms with Crippen LogP contribution < -0.4 is 0 Å². The number of allylic oxidation sites excluding steroid dienone is 3. The van der Waals surface area contributed by atoms with Gasteiger partial charge in [0.15, 0.2) is 0 Å². The summed E-state index contributed by atoms with van der Waals surface area (Å²) in [6.07, 6.45) is 12.0. The Morgan fingerprint density at radius 2 is 1.70 bits per heavy atom. The van der Waals surface area contributed by atoms with Crippen LogP contribution in [0.25, 0.3) is 5.57 Å². The van der Waals surface area contributed by atoms with Crippen LogP contribution in [0.5, 0.6) is 0 Å². The fourth-order valence-electron chi connectivity index (χ4n) is 7.64. The Morgan fingerprint density at radius 3 is 2.48 bits per heavy atom. The van der Waals surface area contributed by atoms with Crippen LogP contribution in [0.4, 0.5) is 0 Å². The summed E-state index contributed by atoms with van der Waals surface area (Å²) in [6, 6.07) is 11.1. The molecule has 0 heterocycles. The van der Waals surface area contributed by atoms with E-state index in [4.69, 9.17) is 0 Å². The van der Waals surface area contributed by atoms with E-state index in [9.17, 15) is 5.11 Å². The van der Waals surface area contributed by atoms with Crippen molar-refractivity contribution >= 4 is 5.57 Å². The van der Waals surface area contributed by atoms with Crippen LogP contribution in [0.15, 0.2) is 48.1 Å². The van der Waals surface area contributed by atoms with Gasteiger partial charge in [0.05, 0.1) is 6.10 Å². The molecule has 0 unspecified atom stereocenters. The molecular formula is C26H34O. The lowest BCUT2D eigenvalue weighted by Gasteiger charge is -2.59. The minimum atomic E-state index is -0.111. The highest BCUT2D eigenvalue weighted by atomic mass is 16.3. The molecule has 5 rings (SSSR count). The van der Waals surface area contributed by atoms with Crippen LogP contribution in [-0.2, 0) is 0 Å². The van der Waals surface area contributed by atoms with E-state index in [2.05, 4.69) is 63.3 Å². The van der Waals surface area contributed by atoms with Crippen LogP contribution in [0.1, 0.15) is 64.9 Å². The van der Waals surface area contributed by atoms with Crippen molar-refractivity contribution < 1.29 is 5.11 Å². The summed E-state index contributed by atoms with van der Waals surface area (Å²) >= 11 is 0. The van der Waals surface area contributed by atoms with Crippen molar-refractivity contribution in [3.8, 4) is 0 Å². The van der Waals surface area contributed by atoms with Crippen molar-refractivity contribution in [1.82, 2.24) is 0 Å². The fourth-order valence-corrected chi connectivity index (χ4v) is 7.64. The van der Waals surface area contributed by atoms with E-state index in [0.717, 1.165) is 30.6 Å². The van der Waals surface area contributed by atoms with E-state index in [1.807, 2.05) is 0 Å². The molecule has 1 heteroatoms. The predicted octanol–water partition coefficient (Wildman–Crippen LogP) is 6.25. The predicted molar refractivity (Wildman–Crippen MR) is 112 cm³/mol. The second-order valence-electron chi connectivity index (χ2n) is 10.3. The quantitative estimate of drug-likeness (QED) is 0.585. The first-order chi connectivity index (χ1) is 12.9. The summed E-state index contributed by atoms with van der Waals surface area (Å²) in [4.78, 5) is 0. The molecule has 4 aliphatic rings. The Kier molecular flexibility index (Phi) is 3.99. The highest BCUT2D eigenvalue weighted by Gasteiger charge is 2.58. The van der Waals surface area contributed by atoms with Gasteiger partial charge < -0.3 is 5.11 Å². The number of aliphatic hydroxyl groups is 1. The van der Waals surface area contributed by atoms with Crippen molar-refractivity contribution in [2.24, 2.45) is 34.5 Å². The first-order valence-corrected chi connectivity index (χ1v) is 11.1. The normalized spacial score (nSPS) is 46.0. The average Bonchev–Trinajstić information content (AvgIpc) is 3.01. The lowest BCUT2D eigenvalue weighted by Crippen LogP contribution is -2.52. The molecular weight excluding hydrogens is 328 g/mol. The van der Waals surface area contributed by atoms with Crippen LogP contribution in [0.2, 0.25) is 0 Å². The lowest BCUT2D eigenvalue weighted by molar-refractivity contribution is -0.0425. The zero-order valence-corrected chi connectivity index (χ0v) is 17.1. The van der Waals surface area contributed by atoms with E-state index in [-0.39, 0.29) is 6.10 Å². The minimum Gasteiger partial charge on any atom is -0.393 e. The Bertz CT molecular complexity index is 790. The molecule has 2 saturated carbocycles. The maximum atomic E-state index is 10.2. The summed E-state index contributed by atoms with van der Waals surface area (Å²) in [6.45, 7) is 7.54. The van der Waals surface area contributed by atoms with Gasteiger partial charge in [0.2, 0.25) is 0 Å². The molecule has 27 heavy (non-hydrogen) atoms. The molecule has 0 radical (unpaired) electrons. The lowest BCUT2D eigenvalue weighted by atomic mass is 9.45. The first kappa shape index (κ1) is 17.7. The van der Waals surface area contributed by atoms with Gasteiger partial charge in [-0.05, 0) is 84.2 Å². The van der Waals surface area contributed by atoms with Gasteiger partial charge in [0, 0.05) is 0 Å². The summed E-state index contributed by atoms with van der Waals surface area (Å²) in [5, 5.41) is 10.2. The molecule has 2 fully saturated rings. The molecule has 4 aliphatic carbocycles. The van der Waals surface area contributed by atoms with Crippen LogP contribution in [0, 0.1) is 34.5 Å². The molecule has 0 aromatic heterocycles. The van der Waals surface area contributed by atoms with Crippen molar-refractivity contribution in [3.05, 3.63) is 53.6 Å². The van der Waals surface area contributed by atoms with E-state index < -0.39 is 0 Å². The zero-order chi connectivity index (χ0) is 18.8. The van der Waals surface area contributed by atoms with Gasteiger partial charge in [0.25, 0.3) is 0 Å². The largest absolute Gasteiger partial charge is 0.393 e. The third-order valence-electron chi connectivity index (χ3n) is 9.07. The van der Waals surface area contributed by atoms with E-state index >= 15 is 0 Å². The van der Waals surface area contributed by atoms with Gasteiger partial charge in [0.1, 0.15) is 0 Å². The highest BCUT2D eigenvalue weighted by molar-refractivity contribution is 5.73. The summed E-state index contributed by atoms with van der Waals surface area (Å²) < 4.78 is 0. The molecule has 1 nitrogen and oxygen atoms in total. The molecule has 144 valence electrons. The third kappa shape index (κ3) is 2.47. The molecule has 0 spiro atoms. The second-order valence-corrected chi connectivity index (χ2v) is 10.3. The molecule has 0 amide bonds. The topological polar surface area (TPSA) is 20.2 Å². The number of benzene rings is 1. The minimum absolute atomic E-state index is 0.111. The molecule has 0 saturated heterocycles. The standard InChI is InChI=1S/C26H34O/c1-17-15-19-16-20(27)11-13-25(19,2)23-12-14-26(3)21(9-10-22(26)24(17)23)18-7-5-4-6-8-18/h4-9,15,17,20,22-24,27H,10-14,16H2,1-3H3/t17-,20+,22+,23+,24+,25+,26-/m1/s1. The molecule has 0 bridgehead atoms. The van der Waals surface area contributed by atoms with Crippen LogP contribution in [-0.4, -0.2) is 11.2 Å². The highest BCUT2D eigenvalue weighted by Crippen LogP contribution is 2.67. The van der Waals surface area contributed by atoms with Crippen molar-refractivity contribution in [1.29, 1.82) is 0 Å². The SMILES string of the molecule is C[C@@H]1C=C2C[C@@H](O)CC[C@]2(C)[C@H]2CC[C@]3(C)C(c4ccccc4)=CC[C@H]3[C@H]12. The molecule has 0 aliphatic heterocycles. The first-order valence-electron chi connectivity index (χ1n) is 11.1. The maximum Gasteiger partial charge on any atom is 0.0577 e.